The van der Waals surface area contributed by atoms with Gasteiger partial charge in [-0.2, -0.15) is 0 Å². The predicted molar refractivity (Wildman–Crippen MR) is 49.5 cm³/mol. The second kappa shape index (κ2) is 3.18. The fourth-order valence-corrected chi connectivity index (χ4v) is 1.37. The highest BCUT2D eigenvalue weighted by Gasteiger charge is 2.12. The summed E-state index contributed by atoms with van der Waals surface area (Å²) in [4.78, 5) is 11.1. The second-order valence-corrected chi connectivity index (χ2v) is 3.20. The van der Waals surface area contributed by atoms with Crippen LogP contribution < -0.4 is 5.32 Å². The molecular formula is C10H11NO2. The van der Waals surface area contributed by atoms with Gasteiger partial charge in [0.05, 0.1) is 6.61 Å². The summed E-state index contributed by atoms with van der Waals surface area (Å²) >= 11 is 0. The van der Waals surface area contributed by atoms with Gasteiger partial charge in [-0.25, -0.2) is 0 Å². The molecule has 0 bridgehead atoms. The Balaban J connectivity index is 2.40. The summed E-state index contributed by atoms with van der Waals surface area (Å²) in [6.45, 7) is 2.65. The van der Waals surface area contributed by atoms with Gasteiger partial charge in [-0.1, -0.05) is 12.1 Å². The van der Waals surface area contributed by atoms with E-state index in [0.717, 1.165) is 16.8 Å². The maximum Gasteiger partial charge on any atom is 0.250 e. The number of anilines is 1. The number of hydrogen-bond acceptors (Lipinski definition) is 2. The molecule has 0 aliphatic carbocycles. The van der Waals surface area contributed by atoms with Crippen molar-refractivity contribution in [2.24, 2.45) is 0 Å². The first kappa shape index (κ1) is 8.26. The van der Waals surface area contributed by atoms with Crippen LogP contribution in [0.5, 0.6) is 0 Å². The fraction of sp³-hybridized carbons (Fsp3) is 0.300. The first-order valence-electron chi connectivity index (χ1n) is 4.23. The summed E-state index contributed by atoms with van der Waals surface area (Å²) in [5.74, 6) is -0.0793. The van der Waals surface area contributed by atoms with Gasteiger partial charge in [-0.3, -0.25) is 4.79 Å². The second-order valence-electron chi connectivity index (χ2n) is 3.20. The van der Waals surface area contributed by atoms with Gasteiger partial charge in [0.25, 0.3) is 0 Å². The molecule has 1 aliphatic heterocycles. The van der Waals surface area contributed by atoms with Crippen molar-refractivity contribution in [1.29, 1.82) is 0 Å². The standard InChI is InChI=1S/C10H11NO2/c1-7-2-3-8-5-13-6-10(12)11-9(8)4-7/h2-4H,5-6H2,1H3,(H,11,12). The third kappa shape index (κ3) is 1.70. The maximum absolute atomic E-state index is 11.1. The monoisotopic (exact) mass is 177 g/mol. The van der Waals surface area contributed by atoms with Crippen molar-refractivity contribution in [3.63, 3.8) is 0 Å². The van der Waals surface area contributed by atoms with E-state index in [2.05, 4.69) is 5.32 Å². The number of rotatable bonds is 0. The van der Waals surface area contributed by atoms with Crippen LogP contribution in [0.1, 0.15) is 11.1 Å². The Morgan fingerprint density at radius 3 is 3.08 bits per heavy atom. The van der Waals surface area contributed by atoms with E-state index in [1.54, 1.807) is 0 Å². The lowest BCUT2D eigenvalue weighted by atomic mass is 10.1. The van der Waals surface area contributed by atoms with Crippen LogP contribution in [0.2, 0.25) is 0 Å². The maximum atomic E-state index is 11.1. The first-order chi connectivity index (χ1) is 6.25. The topological polar surface area (TPSA) is 38.3 Å². The predicted octanol–water partition coefficient (Wildman–Crippen LogP) is 1.46. The molecular weight excluding hydrogens is 166 g/mol. The molecule has 1 aromatic rings. The van der Waals surface area contributed by atoms with Gasteiger partial charge in [0.1, 0.15) is 6.61 Å². The van der Waals surface area contributed by atoms with Crippen molar-refractivity contribution in [3.05, 3.63) is 29.3 Å². The number of benzene rings is 1. The Morgan fingerprint density at radius 1 is 1.38 bits per heavy atom. The number of nitrogens with one attached hydrogen (secondary N) is 1. The van der Waals surface area contributed by atoms with Crippen LogP contribution >= 0.6 is 0 Å². The zero-order valence-electron chi connectivity index (χ0n) is 7.46. The van der Waals surface area contributed by atoms with Crippen LogP contribution in [0.25, 0.3) is 0 Å². The van der Waals surface area contributed by atoms with Gasteiger partial charge in [0.15, 0.2) is 0 Å². The fourth-order valence-electron chi connectivity index (χ4n) is 1.37. The van der Waals surface area contributed by atoms with Crippen LogP contribution in [0.15, 0.2) is 18.2 Å². The normalized spacial score (nSPS) is 15.9. The third-order valence-corrected chi connectivity index (χ3v) is 2.03. The Morgan fingerprint density at radius 2 is 2.23 bits per heavy atom. The molecule has 0 aromatic heterocycles. The molecule has 0 saturated heterocycles. The van der Waals surface area contributed by atoms with Gasteiger partial charge < -0.3 is 10.1 Å². The highest BCUT2D eigenvalue weighted by molar-refractivity contribution is 5.93. The summed E-state index contributed by atoms with van der Waals surface area (Å²) in [7, 11) is 0. The number of ether oxygens (including phenoxy) is 1. The number of hydrogen-bond donors (Lipinski definition) is 1. The van der Waals surface area contributed by atoms with Crippen molar-refractivity contribution in [2.75, 3.05) is 11.9 Å². The number of carbonyl (C=O) groups excluding carboxylic acids is 1. The molecule has 68 valence electrons. The van der Waals surface area contributed by atoms with Crippen molar-refractivity contribution in [1.82, 2.24) is 0 Å². The van der Waals surface area contributed by atoms with E-state index in [1.807, 2.05) is 25.1 Å². The molecule has 0 atom stereocenters. The van der Waals surface area contributed by atoms with E-state index in [-0.39, 0.29) is 12.5 Å². The zero-order valence-corrected chi connectivity index (χ0v) is 7.46. The van der Waals surface area contributed by atoms with Crippen LogP contribution in [-0.2, 0) is 16.1 Å². The van der Waals surface area contributed by atoms with Crippen molar-refractivity contribution in [2.45, 2.75) is 13.5 Å². The smallest absolute Gasteiger partial charge is 0.250 e. The zero-order chi connectivity index (χ0) is 9.26. The van der Waals surface area contributed by atoms with Gasteiger partial charge in [0, 0.05) is 11.3 Å². The van der Waals surface area contributed by atoms with Crippen LogP contribution in [0.4, 0.5) is 5.69 Å². The number of amides is 1. The summed E-state index contributed by atoms with van der Waals surface area (Å²) in [5.41, 5.74) is 3.06. The third-order valence-electron chi connectivity index (χ3n) is 2.03. The molecule has 13 heavy (non-hydrogen) atoms. The van der Waals surface area contributed by atoms with Gasteiger partial charge >= 0.3 is 0 Å². The quantitative estimate of drug-likeness (QED) is 0.651. The number of aryl methyl sites for hydroxylation is 1. The minimum Gasteiger partial charge on any atom is -0.367 e. The SMILES string of the molecule is Cc1ccc2c(c1)NC(=O)COC2. The Kier molecular flexibility index (Phi) is 2.02. The van der Waals surface area contributed by atoms with Crippen molar-refractivity contribution >= 4 is 11.6 Å². The molecule has 1 N–H and O–H groups in total. The Labute approximate surface area is 76.7 Å². The number of fused-ring (bicyclic) bond motifs is 1. The molecule has 0 fully saturated rings. The molecule has 0 radical (unpaired) electrons. The van der Waals surface area contributed by atoms with E-state index in [4.69, 9.17) is 4.74 Å². The molecule has 3 nitrogen and oxygen atoms in total. The lowest BCUT2D eigenvalue weighted by Gasteiger charge is -2.05. The van der Waals surface area contributed by atoms with Crippen LogP contribution in [0.3, 0.4) is 0 Å². The average molecular weight is 177 g/mol. The molecule has 0 saturated carbocycles. The molecule has 1 aromatic carbocycles. The summed E-state index contributed by atoms with van der Waals surface area (Å²) in [6.07, 6.45) is 0. The minimum atomic E-state index is -0.0793. The highest BCUT2D eigenvalue weighted by Crippen LogP contribution is 2.20. The lowest BCUT2D eigenvalue weighted by Crippen LogP contribution is -2.14. The van der Waals surface area contributed by atoms with Gasteiger partial charge in [0.2, 0.25) is 5.91 Å². The van der Waals surface area contributed by atoms with E-state index in [9.17, 15) is 4.79 Å². The lowest BCUT2D eigenvalue weighted by molar-refractivity contribution is -0.120. The van der Waals surface area contributed by atoms with Gasteiger partial charge in [-0.15, -0.1) is 0 Å². The number of carbonyl (C=O) groups is 1. The van der Waals surface area contributed by atoms with Crippen LogP contribution in [-0.4, -0.2) is 12.5 Å². The summed E-state index contributed by atoms with van der Waals surface area (Å²) < 4.78 is 5.16. The van der Waals surface area contributed by atoms with Crippen molar-refractivity contribution in [3.8, 4) is 0 Å². The van der Waals surface area contributed by atoms with E-state index in [1.165, 1.54) is 0 Å². The average Bonchev–Trinajstić information content (AvgIpc) is 2.25. The van der Waals surface area contributed by atoms with Gasteiger partial charge in [-0.05, 0) is 18.6 Å². The molecule has 2 rings (SSSR count). The molecule has 1 aliphatic rings. The molecule has 0 unspecified atom stereocenters. The van der Waals surface area contributed by atoms with E-state index < -0.39 is 0 Å². The molecule has 3 heteroatoms. The summed E-state index contributed by atoms with van der Waals surface area (Å²) in [5, 5.41) is 2.80. The molecule has 0 spiro atoms. The minimum absolute atomic E-state index is 0.0793. The van der Waals surface area contributed by atoms with Crippen LogP contribution in [0, 0.1) is 6.92 Å². The molecule has 1 heterocycles. The largest absolute Gasteiger partial charge is 0.367 e. The molecule has 1 amide bonds. The summed E-state index contributed by atoms with van der Waals surface area (Å²) in [6, 6.07) is 5.96. The Bertz CT molecular complexity index is 347. The van der Waals surface area contributed by atoms with E-state index >= 15 is 0 Å². The van der Waals surface area contributed by atoms with E-state index in [0.29, 0.717) is 6.61 Å². The highest BCUT2D eigenvalue weighted by atomic mass is 16.5. The first-order valence-corrected chi connectivity index (χ1v) is 4.23. The van der Waals surface area contributed by atoms with Crippen molar-refractivity contribution < 1.29 is 9.53 Å². The Hall–Kier alpha value is -1.35.